The smallest absolute Gasteiger partial charge is 0.157 e. The second-order valence-corrected chi connectivity index (χ2v) is 7.08. The van der Waals surface area contributed by atoms with E-state index >= 15 is 0 Å². The van der Waals surface area contributed by atoms with E-state index in [1.165, 1.54) is 0 Å². The van der Waals surface area contributed by atoms with Gasteiger partial charge in [-0.15, -0.1) is 0 Å². The monoisotopic (exact) mass is 358 g/mol. The fourth-order valence-corrected chi connectivity index (χ4v) is 4.34. The first-order valence-electron chi connectivity index (χ1n) is 8.99. The molecule has 134 valence electrons. The minimum absolute atomic E-state index is 0.165. The highest BCUT2D eigenvalue weighted by Gasteiger charge is 2.36. The third-order valence-corrected chi connectivity index (χ3v) is 5.57. The number of carbonyl (C=O) groups excluding carboxylic acids is 1. The van der Waals surface area contributed by atoms with E-state index in [0.717, 1.165) is 38.5 Å². The molecule has 0 spiro atoms. The molecule has 1 aliphatic heterocycles. The summed E-state index contributed by atoms with van der Waals surface area (Å²) < 4.78 is 0. The summed E-state index contributed by atoms with van der Waals surface area (Å²) in [5.74, 6) is -0.922. The second kappa shape index (κ2) is 5.86. The van der Waals surface area contributed by atoms with Crippen molar-refractivity contribution >= 4 is 27.6 Å². The lowest BCUT2D eigenvalue weighted by Gasteiger charge is -2.29. The van der Waals surface area contributed by atoms with E-state index in [0.29, 0.717) is 6.42 Å². The number of phenolic OH excluding ortho intramolecular Hbond substituents is 1. The van der Waals surface area contributed by atoms with Crippen molar-refractivity contribution in [2.24, 2.45) is 0 Å². The third-order valence-electron chi connectivity index (χ3n) is 5.57. The normalized spacial score (nSPS) is 19.3. The predicted molar refractivity (Wildman–Crippen MR) is 100 cm³/mol. The Morgan fingerprint density at radius 3 is 2.59 bits per heavy atom. The largest absolute Gasteiger partial charge is 0.544 e. The van der Waals surface area contributed by atoms with E-state index in [1.54, 1.807) is 11.4 Å². The molecular formula is C22H18N2O3. The molecule has 27 heavy (non-hydrogen) atoms. The maximum atomic E-state index is 11.7. The van der Waals surface area contributed by atoms with Crippen molar-refractivity contribution in [1.82, 2.24) is 4.98 Å². The van der Waals surface area contributed by atoms with Gasteiger partial charge in [-0.3, -0.25) is 0 Å². The van der Waals surface area contributed by atoms with Gasteiger partial charge in [-0.05, 0) is 28.5 Å². The van der Waals surface area contributed by atoms with E-state index in [-0.39, 0.29) is 11.8 Å². The molecule has 1 aromatic heterocycles. The standard InChI is InChI=1S/C22H18N2O3/c25-18-10-9-12-5-1-2-6-13(12)19(18)21-20-15(11-17(24-21)22(26)27)14-7-3-4-8-16(14)23-20/h1-10,17,21,23-25H,11H2,(H,26,27)/t17-,21-/m1/s1. The van der Waals surface area contributed by atoms with Crippen molar-refractivity contribution in [1.29, 1.82) is 0 Å². The van der Waals surface area contributed by atoms with Crippen LogP contribution in [0.2, 0.25) is 0 Å². The molecule has 4 N–H and O–H groups in total. The SMILES string of the molecule is O=C([O-])[C@H]1Cc2c([nH]c3ccccc23)[C@@H](c2c(O)ccc3ccccc23)[NH2+]1. The second-order valence-electron chi connectivity index (χ2n) is 7.08. The molecule has 5 nitrogen and oxygen atoms in total. The Bertz CT molecular complexity index is 1190. The van der Waals surface area contributed by atoms with Crippen LogP contribution >= 0.6 is 0 Å². The van der Waals surface area contributed by atoms with Crippen LogP contribution in [0.5, 0.6) is 5.75 Å². The number of carbonyl (C=O) groups is 1. The van der Waals surface area contributed by atoms with E-state index in [4.69, 9.17) is 0 Å². The Balaban J connectivity index is 1.80. The lowest BCUT2D eigenvalue weighted by Crippen LogP contribution is -2.95. The minimum Gasteiger partial charge on any atom is -0.544 e. The van der Waals surface area contributed by atoms with Crippen molar-refractivity contribution in [3.8, 4) is 5.75 Å². The summed E-state index contributed by atoms with van der Waals surface area (Å²) in [4.78, 5) is 15.2. The number of H-pyrrole nitrogens is 1. The fourth-order valence-electron chi connectivity index (χ4n) is 4.34. The molecule has 5 heteroatoms. The molecule has 3 aromatic carbocycles. The Labute approximate surface area is 155 Å². The maximum Gasteiger partial charge on any atom is 0.157 e. The summed E-state index contributed by atoms with van der Waals surface area (Å²) in [6, 6.07) is 18.2. The molecule has 0 aliphatic carbocycles. The number of quaternary nitrogens is 1. The van der Waals surface area contributed by atoms with Crippen LogP contribution in [-0.2, 0) is 11.2 Å². The lowest BCUT2D eigenvalue weighted by atomic mass is 9.87. The number of aromatic hydroxyl groups is 1. The van der Waals surface area contributed by atoms with Gasteiger partial charge in [0.25, 0.3) is 0 Å². The fraction of sp³-hybridized carbons (Fsp3) is 0.136. The summed E-state index contributed by atoms with van der Waals surface area (Å²) in [6.07, 6.45) is 0.393. The molecule has 0 radical (unpaired) electrons. The molecule has 0 saturated carbocycles. The molecule has 0 amide bonds. The van der Waals surface area contributed by atoms with Gasteiger partial charge in [0.15, 0.2) is 6.04 Å². The number of para-hydroxylation sites is 1. The maximum absolute atomic E-state index is 11.7. The zero-order valence-electron chi connectivity index (χ0n) is 14.5. The summed E-state index contributed by atoms with van der Waals surface area (Å²) in [5, 5.41) is 27.2. The van der Waals surface area contributed by atoms with Gasteiger partial charge in [-0.25, -0.2) is 0 Å². The minimum atomic E-state index is -1.09. The van der Waals surface area contributed by atoms with Gasteiger partial charge < -0.3 is 25.3 Å². The number of hydrogen-bond donors (Lipinski definition) is 3. The number of benzene rings is 3. The van der Waals surface area contributed by atoms with Crippen LogP contribution in [0.4, 0.5) is 0 Å². The molecule has 4 aromatic rings. The van der Waals surface area contributed by atoms with Crippen LogP contribution < -0.4 is 10.4 Å². The van der Waals surface area contributed by atoms with Crippen LogP contribution in [-0.4, -0.2) is 22.1 Å². The number of nitrogens with one attached hydrogen (secondary N) is 1. The summed E-state index contributed by atoms with van der Waals surface area (Å²) in [5.41, 5.74) is 3.63. The Hall–Kier alpha value is -3.31. The topological polar surface area (TPSA) is 92.8 Å². The average Bonchev–Trinajstić information content (AvgIpc) is 3.06. The van der Waals surface area contributed by atoms with E-state index in [1.807, 2.05) is 54.6 Å². The third kappa shape index (κ3) is 2.39. The van der Waals surface area contributed by atoms with Gasteiger partial charge in [0, 0.05) is 17.3 Å². The summed E-state index contributed by atoms with van der Waals surface area (Å²) in [7, 11) is 0. The van der Waals surface area contributed by atoms with E-state index in [2.05, 4.69) is 4.98 Å². The zero-order chi connectivity index (χ0) is 18.5. The molecule has 2 heterocycles. The van der Waals surface area contributed by atoms with E-state index < -0.39 is 12.0 Å². The first-order valence-corrected chi connectivity index (χ1v) is 8.99. The van der Waals surface area contributed by atoms with Gasteiger partial charge in [0.2, 0.25) is 0 Å². The van der Waals surface area contributed by atoms with Gasteiger partial charge >= 0.3 is 0 Å². The first kappa shape index (κ1) is 15.9. The Morgan fingerprint density at radius 1 is 1.04 bits per heavy atom. The molecule has 0 bridgehead atoms. The number of aromatic amines is 1. The number of rotatable bonds is 2. The van der Waals surface area contributed by atoms with Gasteiger partial charge in [-0.1, -0.05) is 48.5 Å². The van der Waals surface area contributed by atoms with Gasteiger partial charge in [0.1, 0.15) is 11.8 Å². The van der Waals surface area contributed by atoms with Crippen molar-refractivity contribution < 1.29 is 20.3 Å². The number of aliphatic carboxylic acids is 1. The molecule has 0 saturated heterocycles. The number of nitrogens with two attached hydrogens (primary N) is 1. The van der Waals surface area contributed by atoms with E-state index in [9.17, 15) is 15.0 Å². The van der Waals surface area contributed by atoms with Crippen LogP contribution in [0.15, 0.2) is 60.7 Å². The highest BCUT2D eigenvalue weighted by molar-refractivity contribution is 5.90. The Morgan fingerprint density at radius 2 is 1.78 bits per heavy atom. The molecule has 2 atom stereocenters. The zero-order valence-corrected chi connectivity index (χ0v) is 14.5. The van der Waals surface area contributed by atoms with Gasteiger partial charge in [-0.2, -0.15) is 0 Å². The summed E-state index contributed by atoms with van der Waals surface area (Å²) in [6.45, 7) is 0. The number of carboxylic acid groups (broad SMARTS) is 1. The Kier molecular flexibility index (Phi) is 3.45. The molecular weight excluding hydrogens is 340 g/mol. The molecule has 0 unspecified atom stereocenters. The highest BCUT2D eigenvalue weighted by Crippen LogP contribution is 2.38. The van der Waals surface area contributed by atoms with Crippen molar-refractivity contribution in [3.63, 3.8) is 0 Å². The van der Waals surface area contributed by atoms with Crippen molar-refractivity contribution in [3.05, 3.63) is 77.5 Å². The highest BCUT2D eigenvalue weighted by atomic mass is 16.4. The predicted octanol–water partition coefficient (Wildman–Crippen LogP) is 1.35. The van der Waals surface area contributed by atoms with Crippen LogP contribution in [0.1, 0.15) is 22.9 Å². The van der Waals surface area contributed by atoms with Crippen LogP contribution in [0, 0.1) is 0 Å². The van der Waals surface area contributed by atoms with Crippen LogP contribution in [0.3, 0.4) is 0 Å². The number of fused-ring (bicyclic) bond motifs is 4. The molecule has 1 aliphatic rings. The average molecular weight is 358 g/mol. The van der Waals surface area contributed by atoms with Crippen molar-refractivity contribution in [2.75, 3.05) is 0 Å². The number of carboxylic acids is 1. The number of hydrogen-bond acceptors (Lipinski definition) is 3. The first-order chi connectivity index (χ1) is 13.1. The quantitative estimate of drug-likeness (QED) is 0.505. The number of phenols is 1. The molecule has 0 fully saturated rings. The van der Waals surface area contributed by atoms with Crippen molar-refractivity contribution in [2.45, 2.75) is 18.5 Å². The van der Waals surface area contributed by atoms with Gasteiger partial charge in [0.05, 0.1) is 17.2 Å². The lowest BCUT2D eigenvalue weighted by molar-refractivity contribution is -0.717. The summed E-state index contributed by atoms with van der Waals surface area (Å²) >= 11 is 0. The van der Waals surface area contributed by atoms with Crippen LogP contribution in [0.25, 0.3) is 21.7 Å². The number of aromatic nitrogens is 1. The molecule has 5 rings (SSSR count).